The highest BCUT2D eigenvalue weighted by atomic mass is 35.5. The molecule has 1 amide bonds. The van der Waals surface area contributed by atoms with E-state index in [1.54, 1.807) is 0 Å². The van der Waals surface area contributed by atoms with Crippen LogP contribution in [-0.4, -0.2) is 65.2 Å². The van der Waals surface area contributed by atoms with E-state index >= 15 is 0 Å². The monoisotopic (exact) mass is 405 g/mol. The van der Waals surface area contributed by atoms with Gasteiger partial charge in [-0.1, -0.05) is 12.1 Å². The first-order valence-corrected chi connectivity index (χ1v) is 9.75. The molecule has 8 heteroatoms. The molecule has 0 radical (unpaired) electrons. The molecule has 3 heterocycles. The lowest BCUT2D eigenvalue weighted by molar-refractivity contribution is 0.0621. The third-order valence-corrected chi connectivity index (χ3v) is 5.31. The first kappa shape index (κ1) is 20.6. The molecule has 152 valence electrons. The molecule has 2 N–H and O–H groups in total. The molecule has 1 saturated heterocycles. The lowest BCUT2D eigenvalue weighted by Gasteiger charge is -2.34. The summed E-state index contributed by atoms with van der Waals surface area (Å²) in [5.41, 5.74) is 4.01. The average molecular weight is 406 g/mol. The lowest BCUT2D eigenvalue weighted by Crippen LogP contribution is -2.48. The number of hydrogen-bond donors (Lipinski definition) is 2. The van der Waals surface area contributed by atoms with Crippen LogP contribution >= 0.6 is 12.4 Å². The maximum atomic E-state index is 12.9. The third-order valence-electron chi connectivity index (χ3n) is 5.31. The number of aromatic amines is 1. The van der Waals surface area contributed by atoms with Crippen LogP contribution in [0.4, 0.5) is 0 Å². The number of aromatic nitrogens is 2. The number of rotatable bonds is 5. The zero-order valence-corrected chi connectivity index (χ0v) is 17.1. The zero-order valence-electron chi connectivity index (χ0n) is 16.2. The fraction of sp³-hybridized carbons (Fsp3) is 0.500. The number of amides is 1. The average Bonchev–Trinajstić information content (AvgIpc) is 3.14. The Hall–Kier alpha value is -2.09. The first-order chi connectivity index (χ1) is 13.2. The van der Waals surface area contributed by atoms with Gasteiger partial charge in [0.1, 0.15) is 5.75 Å². The third kappa shape index (κ3) is 4.48. The molecule has 28 heavy (non-hydrogen) atoms. The summed E-state index contributed by atoms with van der Waals surface area (Å²) in [4.78, 5) is 17.2. The van der Waals surface area contributed by atoms with Gasteiger partial charge in [-0.15, -0.1) is 12.4 Å². The smallest absolute Gasteiger partial charge is 0.274 e. The Bertz CT molecular complexity index is 784. The van der Waals surface area contributed by atoms with Crippen molar-refractivity contribution in [3.05, 3.63) is 46.8 Å². The van der Waals surface area contributed by atoms with Crippen LogP contribution in [0.5, 0.6) is 5.75 Å². The molecule has 0 spiro atoms. The second-order valence-electron chi connectivity index (χ2n) is 7.10. The topological polar surface area (TPSA) is 73.5 Å². The van der Waals surface area contributed by atoms with Gasteiger partial charge in [0, 0.05) is 63.5 Å². The SMILES string of the molecule is CCOc1ccc(CN2CCN(C(=O)c3n[nH]c4c3CNCC4)CC2)cc1.Cl. The Morgan fingerprint density at radius 1 is 1.18 bits per heavy atom. The minimum absolute atomic E-state index is 0. The van der Waals surface area contributed by atoms with Gasteiger partial charge in [0.25, 0.3) is 5.91 Å². The summed E-state index contributed by atoms with van der Waals surface area (Å²) in [6.07, 6.45) is 0.908. The molecule has 0 atom stereocenters. The quantitative estimate of drug-likeness (QED) is 0.794. The molecule has 1 fully saturated rings. The van der Waals surface area contributed by atoms with Gasteiger partial charge in [0.05, 0.1) is 6.61 Å². The number of carbonyl (C=O) groups is 1. The van der Waals surface area contributed by atoms with Crippen LogP contribution in [0.25, 0.3) is 0 Å². The molecule has 2 aromatic rings. The maximum absolute atomic E-state index is 12.9. The van der Waals surface area contributed by atoms with E-state index in [0.717, 1.165) is 69.2 Å². The maximum Gasteiger partial charge on any atom is 0.274 e. The van der Waals surface area contributed by atoms with Crippen LogP contribution in [-0.2, 0) is 19.5 Å². The van der Waals surface area contributed by atoms with Crippen molar-refractivity contribution in [2.24, 2.45) is 0 Å². The van der Waals surface area contributed by atoms with Crippen LogP contribution in [0.2, 0.25) is 0 Å². The van der Waals surface area contributed by atoms with Gasteiger partial charge >= 0.3 is 0 Å². The van der Waals surface area contributed by atoms with Crippen LogP contribution in [0.15, 0.2) is 24.3 Å². The summed E-state index contributed by atoms with van der Waals surface area (Å²) < 4.78 is 5.50. The van der Waals surface area contributed by atoms with Gasteiger partial charge in [-0.05, 0) is 24.6 Å². The molecule has 1 aromatic carbocycles. The Balaban J connectivity index is 0.00000225. The van der Waals surface area contributed by atoms with E-state index in [-0.39, 0.29) is 18.3 Å². The molecule has 0 saturated carbocycles. The van der Waals surface area contributed by atoms with E-state index in [1.165, 1.54) is 5.56 Å². The molecule has 1 aromatic heterocycles. The van der Waals surface area contributed by atoms with Gasteiger partial charge in [0.2, 0.25) is 0 Å². The summed E-state index contributed by atoms with van der Waals surface area (Å²) in [6, 6.07) is 8.28. The van der Waals surface area contributed by atoms with Crippen molar-refractivity contribution in [1.82, 2.24) is 25.3 Å². The molecule has 7 nitrogen and oxygen atoms in total. The number of H-pyrrole nitrogens is 1. The minimum Gasteiger partial charge on any atom is -0.494 e. The van der Waals surface area contributed by atoms with Crippen LogP contribution in [0.1, 0.15) is 34.2 Å². The number of halogens is 1. The summed E-state index contributed by atoms with van der Waals surface area (Å²) in [5, 5.41) is 10.7. The predicted molar refractivity (Wildman–Crippen MR) is 110 cm³/mol. The standard InChI is InChI=1S/C20H27N5O2.ClH/c1-2-27-16-5-3-15(4-6-16)14-24-9-11-25(12-10-24)20(26)19-17-13-21-8-7-18(17)22-23-19;/h3-6,21H,2,7-14H2,1H3,(H,22,23);1H. The molecule has 4 rings (SSSR count). The van der Waals surface area contributed by atoms with Crippen molar-refractivity contribution in [3.63, 3.8) is 0 Å². The van der Waals surface area contributed by atoms with Crippen LogP contribution in [0, 0.1) is 0 Å². The van der Waals surface area contributed by atoms with E-state index in [1.807, 2.05) is 24.0 Å². The largest absolute Gasteiger partial charge is 0.494 e. The Morgan fingerprint density at radius 2 is 1.93 bits per heavy atom. The van der Waals surface area contributed by atoms with Gasteiger partial charge in [-0.25, -0.2) is 0 Å². The Labute approximate surface area is 171 Å². The minimum atomic E-state index is 0. The van der Waals surface area contributed by atoms with Crippen molar-refractivity contribution in [2.45, 2.75) is 26.4 Å². The number of ether oxygens (including phenoxy) is 1. The Morgan fingerprint density at radius 3 is 2.64 bits per heavy atom. The first-order valence-electron chi connectivity index (χ1n) is 9.75. The van der Waals surface area contributed by atoms with E-state index < -0.39 is 0 Å². The van der Waals surface area contributed by atoms with Crippen LogP contribution in [0.3, 0.4) is 0 Å². The van der Waals surface area contributed by atoms with Crippen molar-refractivity contribution in [3.8, 4) is 5.75 Å². The summed E-state index contributed by atoms with van der Waals surface area (Å²) in [5.74, 6) is 0.963. The normalized spacial score (nSPS) is 17.0. The van der Waals surface area contributed by atoms with E-state index in [4.69, 9.17) is 4.74 Å². The number of fused-ring (bicyclic) bond motifs is 1. The molecule has 2 aliphatic heterocycles. The van der Waals surface area contributed by atoms with Gasteiger partial charge in [0.15, 0.2) is 5.69 Å². The van der Waals surface area contributed by atoms with E-state index in [9.17, 15) is 4.79 Å². The molecule has 0 aliphatic carbocycles. The number of benzene rings is 1. The van der Waals surface area contributed by atoms with Crippen molar-refractivity contribution < 1.29 is 9.53 Å². The highest BCUT2D eigenvalue weighted by Crippen LogP contribution is 2.19. The zero-order chi connectivity index (χ0) is 18.6. The summed E-state index contributed by atoms with van der Waals surface area (Å²) >= 11 is 0. The van der Waals surface area contributed by atoms with Gasteiger partial charge in [-0.2, -0.15) is 5.10 Å². The second kappa shape index (κ2) is 9.41. The fourth-order valence-corrected chi connectivity index (χ4v) is 3.78. The molecular formula is C20H28ClN5O2. The molecule has 2 aliphatic rings. The highest BCUT2D eigenvalue weighted by molar-refractivity contribution is 5.94. The summed E-state index contributed by atoms with van der Waals surface area (Å²) in [6.45, 7) is 8.48. The molecule has 0 unspecified atom stereocenters. The van der Waals surface area contributed by atoms with Gasteiger partial charge in [-0.3, -0.25) is 14.8 Å². The highest BCUT2D eigenvalue weighted by Gasteiger charge is 2.28. The Kier molecular flexibility index (Phi) is 6.93. The number of nitrogens with one attached hydrogen (secondary N) is 2. The second-order valence-corrected chi connectivity index (χ2v) is 7.10. The van der Waals surface area contributed by atoms with E-state index in [0.29, 0.717) is 12.3 Å². The van der Waals surface area contributed by atoms with Crippen molar-refractivity contribution in [1.29, 1.82) is 0 Å². The van der Waals surface area contributed by atoms with Crippen molar-refractivity contribution >= 4 is 18.3 Å². The van der Waals surface area contributed by atoms with Gasteiger partial charge < -0.3 is 15.0 Å². The number of piperazine rings is 1. The van der Waals surface area contributed by atoms with E-state index in [2.05, 4.69) is 32.5 Å². The molecular weight excluding hydrogens is 378 g/mol. The summed E-state index contributed by atoms with van der Waals surface area (Å²) in [7, 11) is 0. The number of carbonyl (C=O) groups excluding carboxylic acids is 1. The number of hydrogen-bond acceptors (Lipinski definition) is 5. The van der Waals surface area contributed by atoms with Crippen molar-refractivity contribution in [2.75, 3.05) is 39.3 Å². The number of nitrogens with zero attached hydrogens (tertiary/aromatic N) is 3. The lowest BCUT2D eigenvalue weighted by atomic mass is 10.1. The predicted octanol–water partition coefficient (Wildman–Crippen LogP) is 1.83. The fourth-order valence-electron chi connectivity index (χ4n) is 3.78. The van der Waals surface area contributed by atoms with Crippen LogP contribution < -0.4 is 10.1 Å². The molecule has 0 bridgehead atoms.